The summed E-state index contributed by atoms with van der Waals surface area (Å²) in [6, 6.07) is 21.6. The molecule has 2 N–H and O–H groups in total. The van der Waals surface area contributed by atoms with Crippen molar-refractivity contribution >= 4 is 39.1 Å². The van der Waals surface area contributed by atoms with Crippen LogP contribution in [0.25, 0.3) is 0 Å². The van der Waals surface area contributed by atoms with Crippen LogP contribution in [0.1, 0.15) is 22.0 Å². The second kappa shape index (κ2) is 7.25. The smallest absolute Gasteiger partial charge is 0.270 e. The Morgan fingerprint density at radius 2 is 1.81 bits per heavy atom. The SMILES string of the molecule is O=C(Nc1ccc2c(c1)NC(=O)C(c1ccccc1)O2)c1cccc(Br)c1. The lowest BCUT2D eigenvalue weighted by Crippen LogP contribution is -2.30. The third kappa shape index (κ3) is 3.71. The number of hydrogen-bond donors (Lipinski definition) is 2. The van der Waals surface area contributed by atoms with Gasteiger partial charge in [0, 0.05) is 21.3 Å². The predicted octanol–water partition coefficient (Wildman–Crippen LogP) is 4.77. The van der Waals surface area contributed by atoms with Gasteiger partial charge in [0.05, 0.1) is 5.69 Å². The number of anilines is 2. The predicted molar refractivity (Wildman–Crippen MR) is 107 cm³/mol. The largest absolute Gasteiger partial charge is 0.474 e. The number of amides is 2. The normalized spacial score (nSPS) is 15.3. The summed E-state index contributed by atoms with van der Waals surface area (Å²) in [5.74, 6) is 0.0783. The maximum absolute atomic E-state index is 12.4. The average molecular weight is 423 g/mol. The molecular formula is C21H15BrN2O3. The van der Waals surface area contributed by atoms with Gasteiger partial charge < -0.3 is 15.4 Å². The fourth-order valence-electron chi connectivity index (χ4n) is 2.87. The molecular weight excluding hydrogens is 408 g/mol. The maximum Gasteiger partial charge on any atom is 0.270 e. The van der Waals surface area contributed by atoms with E-state index in [0.29, 0.717) is 22.7 Å². The summed E-state index contributed by atoms with van der Waals surface area (Å²) in [6.07, 6.45) is -0.694. The zero-order chi connectivity index (χ0) is 18.8. The Morgan fingerprint density at radius 3 is 2.59 bits per heavy atom. The summed E-state index contributed by atoms with van der Waals surface area (Å²) in [7, 11) is 0. The van der Waals surface area contributed by atoms with Crippen molar-refractivity contribution < 1.29 is 14.3 Å². The molecule has 0 fully saturated rings. The van der Waals surface area contributed by atoms with E-state index in [1.807, 2.05) is 36.4 Å². The average Bonchev–Trinajstić information content (AvgIpc) is 2.68. The van der Waals surface area contributed by atoms with Crippen LogP contribution in [0.5, 0.6) is 5.75 Å². The van der Waals surface area contributed by atoms with Crippen LogP contribution in [-0.4, -0.2) is 11.8 Å². The molecule has 1 aliphatic rings. The summed E-state index contributed by atoms with van der Waals surface area (Å²) in [4.78, 5) is 24.8. The first-order valence-corrected chi connectivity index (χ1v) is 9.13. The highest BCUT2D eigenvalue weighted by molar-refractivity contribution is 9.10. The van der Waals surface area contributed by atoms with Crippen molar-refractivity contribution in [3.63, 3.8) is 0 Å². The van der Waals surface area contributed by atoms with Crippen molar-refractivity contribution in [2.75, 3.05) is 10.6 Å². The first-order valence-electron chi connectivity index (χ1n) is 8.33. The number of fused-ring (bicyclic) bond motifs is 1. The number of rotatable bonds is 3. The minimum Gasteiger partial charge on any atom is -0.474 e. The minimum atomic E-state index is -0.694. The highest BCUT2D eigenvalue weighted by Crippen LogP contribution is 2.36. The van der Waals surface area contributed by atoms with Crippen molar-refractivity contribution in [3.8, 4) is 5.75 Å². The van der Waals surface area contributed by atoms with Crippen molar-refractivity contribution in [2.45, 2.75) is 6.10 Å². The lowest BCUT2D eigenvalue weighted by Gasteiger charge is -2.26. The van der Waals surface area contributed by atoms with Crippen molar-refractivity contribution in [1.82, 2.24) is 0 Å². The molecule has 1 heterocycles. The fraction of sp³-hybridized carbons (Fsp3) is 0.0476. The Bertz CT molecular complexity index is 1020. The van der Waals surface area contributed by atoms with E-state index >= 15 is 0 Å². The van der Waals surface area contributed by atoms with E-state index in [4.69, 9.17) is 4.74 Å². The molecule has 5 nitrogen and oxygen atoms in total. The van der Waals surface area contributed by atoms with Gasteiger partial charge in [-0.3, -0.25) is 9.59 Å². The number of hydrogen-bond acceptors (Lipinski definition) is 3. The van der Waals surface area contributed by atoms with Gasteiger partial charge in [0.25, 0.3) is 11.8 Å². The molecule has 0 saturated heterocycles. The van der Waals surface area contributed by atoms with Crippen LogP contribution < -0.4 is 15.4 Å². The minimum absolute atomic E-state index is 0.235. The summed E-state index contributed by atoms with van der Waals surface area (Å²) >= 11 is 3.35. The maximum atomic E-state index is 12.4. The molecule has 3 aromatic rings. The van der Waals surface area contributed by atoms with Gasteiger partial charge in [-0.25, -0.2) is 0 Å². The molecule has 6 heteroatoms. The fourth-order valence-corrected chi connectivity index (χ4v) is 3.27. The molecule has 1 unspecified atom stereocenters. The molecule has 27 heavy (non-hydrogen) atoms. The third-order valence-corrected chi connectivity index (χ3v) is 4.66. The van der Waals surface area contributed by atoms with E-state index < -0.39 is 6.10 Å². The van der Waals surface area contributed by atoms with Gasteiger partial charge in [-0.2, -0.15) is 0 Å². The molecule has 1 aliphatic heterocycles. The number of benzene rings is 3. The summed E-state index contributed by atoms with van der Waals surface area (Å²) in [6.45, 7) is 0. The van der Waals surface area contributed by atoms with Gasteiger partial charge in [-0.05, 0) is 36.4 Å². The molecule has 0 bridgehead atoms. The van der Waals surface area contributed by atoms with E-state index in [0.717, 1.165) is 10.0 Å². The first-order chi connectivity index (χ1) is 13.1. The van der Waals surface area contributed by atoms with Crippen LogP contribution in [0, 0.1) is 0 Å². The van der Waals surface area contributed by atoms with Crippen LogP contribution in [-0.2, 0) is 4.79 Å². The van der Waals surface area contributed by atoms with Gasteiger partial charge in [0.2, 0.25) is 6.10 Å². The monoisotopic (exact) mass is 422 g/mol. The molecule has 2 amide bonds. The molecule has 0 spiro atoms. The van der Waals surface area contributed by atoms with Gasteiger partial charge in [-0.1, -0.05) is 52.3 Å². The molecule has 1 atom stereocenters. The topological polar surface area (TPSA) is 67.4 Å². The molecule has 3 aromatic carbocycles. The summed E-state index contributed by atoms with van der Waals surface area (Å²) in [5, 5.41) is 5.67. The van der Waals surface area contributed by atoms with Crippen molar-refractivity contribution in [1.29, 1.82) is 0 Å². The first kappa shape index (κ1) is 17.3. The van der Waals surface area contributed by atoms with E-state index in [9.17, 15) is 9.59 Å². The van der Waals surface area contributed by atoms with Crippen molar-refractivity contribution in [2.24, 2.45) is 0 Å². The van der Waals surface area contributed by atoms with E-state index in [1.165, 1.54) is 0 Å². The van der Waals surface area contributed by atoms with Gasteiger partial charge in [0.15, 0.2) is 0 Å². The zero-order valence-electron chi connectivity index (χ0n) is 14.1. The number of carbonyl (C=O) groups is 2. The molecule has 0 radical (unpaired) electrons. The highest BCUT2D eigenvalue weighted by atomic mass is 79.9. The number of ether oxygens (including phenoxy) is 1. The Labute approximate surface area is 164 Å². The standard InChI is InChI=1S/C21H15BrN2O3/c22-15-8-4-7-14(11-15)20(25)23-16-9-10-18-17(12-16)24-21(26)19(27-18)13-5-2-1-3-6-13/h1-12,19H,(H,23,25)(H,24,26). The summed E-state index contributed by atoms with van der Waals surface area (Å²) < 4.78 is 6.69. The van der Waals surface area contributed by atoms with E-state index in [1.54, 1.807) is 36.4 Å². The van der Waals surface area contributed by atoms with Crippen LogP contribution in [0.2, 0.25) is 0 Å². The van der Waals surface area contributed by atoms with Crippen LogP contribution in [0.4, 0.5) is 11.4 Å². The molecule has 4 rings (SSSR count). The van der Waals surface area contributed by atoms with Gasteiger partial charge in [-0.15, -0.1) is 0 Å². The van der Waals surface area contributed by atoms with Crippen LogP contribution in [0.3, 0.4) is 0 Å². The molecule has 0 aromatic heterocycles. The number of halogens is 1. The quantitative estimate of drug-likeness (QED) is 0.638. The summed E-state index contributed by atoms with van der Waals surface area (Å²) in [5.41, 5.74) is 2.42. The third-order valence-electron chi connectivity index (χ3n) is 4.17. The second-order valence-corrected chi connectivity index (χ2v) is 6.99. The zero-order valence-corrected chi connectivity index (χ0v) is 15.7. The number of carbonyl (C=O) groups excluding carboxylic acids is 2. The van der Waals surface area contributed by atoms with Crippen molar-refractivity contribution in [3.05, 3.63) is 88.4 Å². The van der Waals surface area contributed by atoms with Gasteiger partial charge in [0.1, 0.15) is 5.75 Å². The molecule has 0 aliphatic carbocycles. The van der Waals surface area contributed by atoms with Crippen LogP contribution >= 0.6 is 15.9 Å². The van der Waals surface area contributed by atoms with Crippen LogP contribution in [0.15, 0.2) is 77.3 Å². The highest BCUT2D eigenvalue weighted by Gasteiger charge is 2.29. The Kier molecular flexibility index (Phi) is 4.64. The Morgan fingerprint density at radius 1 is 1.00 bits per heavy atom. The Hall–Kier alpha value is -3.12. The lowest BCUT2D eigenvalue weighted by atomic mass is 10.1. The lowest BCUT2D eigenvalue weighted by molar-refractivity contribution is -0.123. The molecule has 0 saturated carbocycles. The van der Waals surface area contributed by atoms with E-state index in [2.05, 4.69) is 26.6 Å². The van der Waals surface area contributed by atoms with E-state index in [-0.39, 0.29) is 11.8 Å². The molecule has 134 valence electrons. The second-order valence-electron chi connectivity index (χ2n) is 6.07. The number of nitrogens with one attached hydrogen (secondary N) is 2. The Balaban J connectivity index is 1.54. The van der Waals surface area contributed by atoms with Gasteiger partial charge >= 0.3 is 0 Å².